The van der Waals surface area contributed by atoms with E-state index in [0.717, 1.165) is 6.08 Å². The van der Waals surface area contributed by atoms with Gasteiger partial charge in [0.15, 0.2) is 0 Å². The zero-order valence-electron chi connectivity index (χ0n) is 9.80. The van der Waals surface area contributed by atoms with Crippen LogP contribution in [0.25, 0.3) is 0 Å². The lowest BCUT2D eigenvalue weighted by Gasteiger charge is -2.08. The highest BCUT2D eigenvalue weighted by Crippen LogP contribution is 1.95. The number of hydrogen-bond donors (Lipinski definition) is 5. The van der Waals surface area contributed by atoms with Crippen molar-refractivity contribution in [3.8, 4) is 0 Å². The normalized spacial score (nSPS) is 10.9. The van der Waals surface area contributed by atoms with Crippen LogP contribution in [0.3, 0.4) is 0 Å². The summed E-state index contributed by atoms with van der Waals surface area (Å²) in [6.45, 7) is 1.46. The molecule has 19 heavy (non-hydrogen) atoms. The van der Waals surface area contributed by atoms with Crippen molar-refractivity contribution in [3.05, 3.63) is 27.8 Å². The number of aromatic nitrogens is 3. The van der Waals surface area contributed by atoms with Gasteiger partial charge in [-0.3, -0.25) is 25.4 Å². The largest absolute Gasteiger partial charge is 0.481 e. The van der Waals surface area contributed by atoms with Gasteiger partial charge in [0, 0.05) is 0 Å². The fraction of sp³-hybridized carbons (Fsp3) is 0.222. The van der Waals surface area contributed by atoms with Gasteiger partial charge in [-0.25, -0.2) is 4.79 Å². The first-order valence-corrected chi connectivity index (χ1v) is 5.01. The molecule has 0 aliphatic carbocycles. The van der Waals surface area contributed by atoms with Crippen molar-refractivity contribution >= 4 is 17.9 Å². The summed E-state index contributed by atoms with van der Waals surface area (Å²) in [5.74, 6) is -2.64. The van der Waals surface area contributed by atoms with Crippen LogP contribution < -0.4 is 16.4 Å². The summed E-state index contributed by atoms with van der Waals surface area (Å²) in [5.41, 5.74) is 3.79. The zero-order chi connectivity index (χ0) is 14.4. The number of carboxylic acids is 2. The lowest BCUT2D eigenvalue weighted by molar-refractivity contribution is -0.136. The van der Waals surface area contributed by atoms with Crippen molar-refractivity contribution in [2.45, 2.75) is 13.3 Å². The van der Waals surface area contributed by atoms with Crippen molar-refractivity contribution in [3.63, 3.8) is 0 Å². The highest BCUT2D eigenvalue weighted by atomic mass is 16.4. The van der Waals surface area contributed by atoms with Crippen molar-refractivity contribution < 1.29 is 19.8 Å². The SMILES string of the molecule is Cc1nnc(NNC(=CCC(=O)O)C(=O)O)[nH]c1=O. The number of rotatable bonds is 6. The van der Waals surface area contributed by atoms with Gasteiger partial charge in [0.05, 0.1) is 6.42 Å². The number of aliphatic carboxylic acids is 2. The number of hydrogen-bond acceptors (Lipinski definition) is 7. The Labute approximate surface area is 106 Å². The Bertz CT molecular complexity index is 579. The number of aryl methyl sites for hydroxylation is 1. The summed E-state index contributed by atoms with van der Waals surface area (Å²) < 4.78 is 0. The third kappa shape index (κ3) is 4.46. The predicted molar refractivity (Wildman–Crippen MR) is 62.1 cm³/mol. The van der Waals surface area contributed by atoms with Crippen LogP contribution in [-0.2, 0) is 9.59 Å². The molecule has 5 N–H and O–H groups in total. The van der Waals surface area contributed by atoms with Crippen LogP contribution in [0, 0.1) is 6.92 Å². The van der Waals surface area contributed by atoms with Crippen LogP contribution >= 0.6 is 0 Å². The first-order chi connectivity index (χ1) is 8.90. The van der Waals surface area contributed by atoms with Gasteiger partial charge in [-0.15, -0.1) is 10.2 Å². The predicted octanol–water partition coefficient (Wildman–Crippen LogP) is -1.17. The lowest BCUT2D eigenvalue weighted by atomic mass is 10.3. The van der Waals surface area contributed by atoms with E-state index in [2.05, 4.69) is 26.0 Å². The van der Waals surface area contributed by atoms with E-state index < -0.39 is 29.6 Å². The maximum atomic E-state index is 11.2. The number of hydrazine groups is 1. The van der Waals surface area contributed by atoms with Gasteiger partial charge >= 0.3 is 11.9 Å². The molecule has 102 valence electrons. The lowest BCUT2D eigenvalue weighted by Crippen LogP contribution is -2.29. The van der Waals surface area contributed by atoms with Crippen molar-refractivity contribution in [2.75, 3.05) is 5.43 Å². The number of nitrogens with one attached hydrogen (secondary N) is 3. The molecule has 0 aliphatic heterocycles. The Morgan fingerprint density at radius 3 is 2.58 bits per heavy atom. The molecule has 1 aromatic rings. The summed E-state index contributed by atoms with van der Waals surface area (Å²) in [4.78, 5) is 34.6. The number of nitrogens with zero attached hydrogens (tertiary/aromatic N) is 2. The van der Waals surface area contributed by atoms with Crippen LogP contribution in [0.1, 0.15) is 12.1 Å². The Morgan fingerprint density at radius 2 is 2.05 bits per heavy atom. The van der Waals surface area contributed by atoms with Crippen LogP contribution in [0.15, 0.2) is 16.6 Å². The summed E-state index contributed by atoms with van der Waals surface area (Å²) in [6.07, 6.45) is 0.490. The van der Waals surface area contributed by atoms with E-state index in [4.69, 9.17) is 10.2 Å². The third-order valence-electron chi connectivity index (χ3n) is 1.89. The Kier molecular flexibility index (Phi) is 4.57. The fourth-order valence-corrected chi connectivity index (χ4v) is 0.957. The van der Waals surface area contributed by atoms with Gasteiger partial charge in [-0.1, -0.05) is 0 Å². The number of H-pyrrole nitrogens is 1. The fourth-order valence-electron chi connectivity index (χ4n) is 0.957. The molecule has 0 aromatic carbocycles. The van der Waals surface area contributed by atoms with E-state index in [0.29, 0.717) is 0 Å². The molecule has 1 aromatic heterocycles. The average molecular weight is 269 g/mol. The van der Waals surface area contributed by atoms with Crippen molar-refractivity contribution in [1.82, 2.24) is 20.6 Å². The topological polar surface area (TPSA) is 157 Å². The average Bonchev–Trinajstić information content (AvgIpc) is 2.32. The molecular weight excluding hydrogens is 258 g/mol. The van der Waals surface area contributed by atoms with Crippen molar-refractivity contribution in [1.29, 1.82) is 0 Å². The molecule has 0 aliphatic rings. The molecule has 0 fully saturated rings. The van der Waals surface area contributed by atoms with E-state index >= 15 is 0 Å². The van der Waals surface area contributed by atoms with E-state index in [1.807, 2.05) is 0 Å². The molecule has 10 nitrogen and oxygen atoms in total. The molecule has 0 saturated carbocycles. The molecule has 0 atom stereocenters. The third-order valence-corrected chi connectivity index (χ3v) is 1.89. The van der Waals surface area contributed by atoms with Gasteiger partial charge in [0.1, 0.15) is 11.4 Å². The summed E-state index contributed by atoms with van der Waals surface area (Å²) in [6, 6.07) is 0. The van der Waals surface area contributed by atoms with Crippen LogP contribution in [0.2, 0.25) is 0 Å². The summed E-state index contributed by atoms with van der Waals surface area (Å²) in [5, 5.41) is 24.3. The standard InChI is InChI=1S/C9H11N5O5/c1-4-7(17)10-9(13-11-4)14-12-5(8(18)19)2-3-6(15)16/h2,12H,3H2,1H3,(H,15,16)(H,18,19)(H2,10,13,14,17). The highest BCUT2D eigenvalue weighted by Gasteiger charge is 2.08. The molecule has 0 unspecified atom stereocenters. The smallest absolute Gasteiger partial charge is 0.353 e. The summed E-state index contributed by atoms with van der Waals surface area (Å²) >= 11 is 0. The summed E-state index contributed by atoms with van der Waals surface area (Å²) in [7, 11) is 0. The second-order valence-electron chi connectivity index (χ2n) is 3.36. The van der Waals surface area contributed by atoms with Crippen LogP contribution in [-0.4, -0.2) is 37.3 Å². The molecule has 10 heteroatoms. The van der Waals surface area contributed by atoms with Crippen molar-refractivity contribution in [2.24, 2.45) is 0 Å². The molecule has 1 heterocycles. The minimum absolute atomic E-state index is 0.0990. The van der Waals surface area contributed by atoms with Gasteiger partial charge in [-0.2, -0.15) is 0 Å². The quantitative estimate of drug-likeness (QED) is 0.317. The first kappa shape index (κ1) is 14.2. The minimum Gasteiger partial charge on any atom is -0.481 e. The van der Waals surface area contributed by atoms with Gasteiger partial charge in [0.2, 0.25) is 5.95 Å². The van der Waals surface area contributed by atoms with Gasteiger partial charge in [-0.05, 0) is 13.0 Å². The second-order valence-corrected chi connectivity index (χ2v) is 3.36. The molecule has 0 radical (unpaired) electrons. The van der Waals surface area contributed by atoms with E-state index in [1.165, 1.54) is 6.92 Å². The number of carbonyl (C=O) groups is 2. The maximum Gasteiger partial charge on any atom is 0.353 e. The number of anilines is 1. The van der Waals surface area contributed by atoms with E-state index in [-0.39, 0.29) is 11.6 Å². The molecule has 0 bridgehead atoms. The number of aromatic amines is 1. The van der Waals surface area contributed by atoms with Crippen LogP contribution in [0.5, 0.6) is 0 Å². The molecule has 0 spiro atoms. The minimum atomic E-state index is -1.36. The highest BCUT2D eigenvalue weighted by molar-refractivity contribution is 5.87. The van der Waals surface area contributed by atoms with Gasteiger partial charge < -0.3 is 10.2 Å². The molecule has 1 rings (SSSR count). The molecule has 0 saturated heterocycles. The Hall–Kier alpha value is -2.91. The Morgan fingerprint density at radius 1 is 1.37 bits per heavy atom. The van der Waals surface area contributed by atoms with E-state index in [1.54, 1.807) is 0 Å². The van der Waals surface area contributed by atoms with E-state index in [9.17, 15) is 14.4 Å². The monoisotopic (exact) mass is 269 g/mol. The first-order valence-electron chi connectivity index (χ1n) is 5.01. The zero-order valence-corrected chi connectivity index (χ0v) is 9.80. The number of carboxylic acid groups (broad SMARTS) is 2. The molecule has 0 amide bonds. The second kappa shape index (κ2) is 6.14. The molecular formula is C9H11N5O5. The van der Waals surface area contributed by atoms with Gasteiger partial charge in [0.25, 0.3) is 5.56 Å². The Balaban J connectivity index is 2.73. The maximum absolute atomic E-state index is 11.2. The van der Waals surface area contributed by atoms with Crippen LogP contribution in [0.4, 0.5) is 5.95 Å².